The monoisotopic (exact) mass is 403 g/mol. The molecule has 9 nitrogen and oxygen atoms in total. The summed E-state index contributed by atoms with van der Waals surface area (Å²) in [6, 6.07) is 3.59. The molecule has 29 heavy (non-hydrogen) atoms. The molecule has 3 saturated heterocycles. The summed E-state index contributed by atoms with van der Waals surface area (Å²) < 4.78 is 11.4. The minimum atomic E-state index is -1.38. The Hall–Kier alpha value is -2.65. The highest BCUT2D eigenvalue weighted by atomic mass is 16.6. The normalized spacial score (nSPS) is 37.8. The number of phenols is 2. The summed E-state index contributed by atoms with van der Waals surface area (Å²) in [7, 11) is 0. The van der Waals surface area contributed by atoms with Crippen LogP contribution in [-0.2, 0) is 19.1 Å². The highest BCUT2D eigenvalue weighted by molar-refractivity contribution is 6.02. The standard InChI is InChI=1S/C20H21NO8/c22-10-1-2-12(23)11(7-10)13(24)8-19-6-5-14-20(19,9-28-18(19)27)17(26)21-15(25)3-4-16(21)29-14/h1-2,7,14,16-17,22-23,26H,3-6,8-9H2/t14-,16+,17-,19+,20-/m1/s1. The molecule has 5 rings (SSSR count). The number of carbonyl (C=O) groups is 3. The summed E-state index contributed by atoms with van der Waals surface area (Å²) >= 11 is 0. The number of carbonyl (C=O) groups excluding carboxylic acids is 3. The predicted molar refractivity (Wildman–Crippen MR) is 94.5 cm³/mol. The number of cyclic esters (lactones) is 1. The number of amides is 1. The van der Waals surface area contributed by atoms with E-state index in [0.717, 1.165) is 6.07 Å². The number of benzene rings is 1. The molecule has 3 N–H and O–H groups in total. The fourth-order valence-electron chi connectivity index (χ4n) is 5.68. The third kappa shape index (κ3) is 2.20. The van der Waals surface area contributed by atoms with E-state index < -0.39 is 41.1 Å². The van der Waals surface area contributed by atoms with E-state index in [2.05, 4.69) is 0 Å². The Morgan fingerprint density at radius 1 is 1.24 bits per heavy atom. The van der Waals surface area contributed by atoms with Crippen LogP contribution in [0.2, 0.25) is 0 Å². The van der Waals surface area contributed by atoms with Crippen molar-refractivity contribution in [2.45, 2.75) is 50.7 Å². The topological polar surface area (TPSA) is 134 Å². The van der Waals surface area contributed by atoms with Crippen molar-refractivity contribution in [3.05, 3.63) is 23.8 Å². The van der Waals surface area contributed by atoms with Gasteiger partial charge >= 0.3 is 5.97 Å². The van der Waals surface area contributed by atoms with Crippen LogP contribution in [0.15, 0.2) is 18.2 Å². The van der Waals surface area contributed by atoms with E-state index in [-0.39, 0.29) is 48.8 Å². The van der Waals surface area contributed by atoms with Crippen molar-refractivity contribution in [2.24, 2.45) is 10.8 Å². The SMILES string of the molecule is O=C(C[C@]12CC[C@H]3O[C@H]4CCC(=O)N4[C@H](O)[C@@]31COC2=O)c1cc(O)ccc1O. The first-order valence-electron chi connectivity index (χ1n) is 9.67. The van der Waals surface area contributed by atoms with Crippen LogP contribution in [0.25, 0.3) is 0 Å². The quantitative estimate of drug-likeness (QED) is 0.381. The van der Waals surface area contributed by atoms with Gasteiger partial charge in [0.2, 0.25) is 5.91 Å². The van der Waals surface area contributed by atoms with Gasteiger partial charge in [0.1, 0.15) is 30.6 Å². The molecule has 1 aromatic rings. The van der Waals surface area contributed by atoms with Crippen LogP contribution >= 0.6 is 0 Å². The number of rotatable bonds is 3. The Morgan fingerprint density at radius 2 is 2.03 bits per heavy atom. The van der Waals surface area contributed by atoms with E-state index in [1.54, 1.807) is 0 Å². The second-order valence-corrected chi connectivity index (χ2v) is 8.33. The molecule has 5 atom stereocenters. The average Bonchev–Trinajstić information content (AvgIpc) is 3.30. The summed E-state index contributed by atoms with van der Waals surface area (Å²) in [6.45, 7) is -0.145. The zero-order valence-electron chi connectivity index (χ0n) is 15.5. The molecule has 1 aliphatic carbocycles. The van der Waals surface area contributed by atoms with Crippen molar-refractivity contribution in [1.82, 2.24) is 4.90 Å². The van der Waals surface area contributed by atoms with E-state index in [1.807, 2.05) is 0 Å². The van der Waals surface area contributed by atoms with Gasteiger partial charge in [0, 0.05) is 19.3 Å². The number of ketones is 1. The molecule has 0 bridgehead atoms. The van der Waals surface area contributed by atoms with Crippen molar-refractivity contribution in [1.29, 1.82) is 0 Å². The second-order valence-electron chi connectivity index (χ2n) is 8.33. The predicted octanol–water partition coefficient (Wildman–Crippen LogP) is 0.660. The summed E-state index contributed by atoms with van der Waals surface area (Å²) in [6.07, 6.45) is -1.26. The fourth-order valence-corrected chi connectivity index (χ4v) is 5.68. The minimum Gasteiger partial charge on any atom is -0.508 e. The highest BCUT2D eigenvalue weighted by Gasteiger charge is 2.76. The molecule has 3 aliphatic heterocycles. The number of aromatic hydroxyl groups is 2. The van der Waals surface area contributed by atoms with Crippen LogP contribution in [-0.4, -0.2) is 63.0 Å². The van der Waals surface area contributed by atoms with Crippen LogP contribution in [0, 0.1) is 10.8 Å². The van der Waals surface area contributed by atoms with Crippen LogP contribution in [0.4, 0.5) is 0 Å². The van der Waals surface area contributed by atoms with Gasteiger partial charge in [-0.05, 0) is 31.0 Å². The number of aliphatic hydroxyl groups excluding tert-OH is 1. The third-order valence-electron chi connectivity index (χ3n) is 7.12. The lowest BCUT2D eigenvalue weighted by atomic mass is 9.62. The third-order valence-corrected chi connectivity index (χ3v) is 7.12. The first-order valence-corrected chi connectivity index (χ1v) is 9.67. The number of aliphatic hydroxyl groups is 1. The number of phenolic OH excluding ortho intramolecular Hbond substituents is 2. The number of fused-ring (bicyclic) bond motifs is 1. The Morgan fingerprint density at radius 3 is 2.83 bits per heavy atom. The van der Waals surface area contributed by atoms with E-state index in [4.69, 9.17) is 9.47 Å². The fraction of sp³-hybridized carbons (Fsp3) is 0.550. The largest absolute Gasteiger partial charge is 0.508 e. The van der Waals surface area contributed by atoms with E-state index in [1.165, 1.54) is 17.0 Å². The molecule has 3 heterocycles. The van der Waals surface area contributed by atoms with Gasteiger partial charge in [-0.25, -0.2) is 0 Å². The lowest BCUT2D eigenvalue weighted by molar-refractivity contribution is -0.269. The van der Waals surface area contributed by atoms with Crippen LogP contribution in [0.3, 0.4) is 0 Å². The highest BCUT2D eigenvalue weighted by Crippen LogP contribution is 2.65. The van der Waals surface area contributed by atoms with E-state index >= 15 is 0 Å². The van der Waals surface area contributed by atoms with Crippen LogP contribution in [0.5, 0.6) is 11.5 Å². The lowest BCUT2D eigenvalue weighted by Crippen LogP contribution is -2.66. The Labute approximate surface area is 165 Å². The molecule has 4 aliphatic rings. The molecule has 9 heteroatoms. The van der Waals surface area contributed by atoms with Crippen molar-refractivity contribution >= 4 is 17.7 Å². The van der Waals surface area contributed by atoms with Gasteiger partial charge < -0.3 is 24.8 Å². The Balaban J connectivity index is 1.56. The maximum absolute atomic E-state index is 13.0. The van der Waals surface area contributed by atoms with Crippen molar-refractivity contribution in [3.63, 3.8) is 0 Å². The van der Waals surface area contributed by atoms with Gasteiger partial charge in [0.15, 0.2) is 5.78 Å². The van der Waals surface area contributed by atoms with Gasteiger partial charge in [0.25, 0.3) is 0 Å². The summed E-state index contributed by atoms with van der Waals surface area (Å²) in [5.41, 5.74) is -2.73. The van der Waals surface area contributed by atoms with Crippen LogP contribution in [0.1, 0.15) is 42.5 Å². The first kappa shape index (κ1) is 18.4. The minimum absolute atomic E-state index is 0.112. The molecule has 0 radical (unpaired) electrons. The number of hydrogen-bond donors (Lipinski definition) is 3. The van der Waals surface area contributed by atoms with Crippen LogP contribution < -0.4 is 0 Å². The number of esters is 1. The molecular weight excluding hydrogens is 382 g/mol. The first-order chi connectivity index (χ1) is 13.8. The zero-order chi connectivity index (χ0) is 20.6. The number of hydrogen-bond acceptors (Lipinski definition) is 8. The van der Waals surface area contributed by atoms with Gasteiger partial charge in [0.05, 0.1) is 22.5 Å². The van der Waals surface area contributed by atoms with Crippen molar-refractivity contribution in [3.8, 4) is 11.5 Å². The molecule has 1 spiro atoms. The summed E-state index contributed by atoms with van der Waals surface area (Å²) in [4.78, 5) is 39.6. The molecule has 1 aromatic carbocycles. The van der Waals surface area contributed by atoms with Crippen molar-refractivity contribution in [2.75, 3.05) is 6.61 Å². The lowest BCUT2D eigenvalue weighted by Gasteiger charge is -2.51. The van der Waals surface area contributed by atoms with Gasteiger partial charge in [-0.15, -0.1) is 0 Å². The average molecular weight is 403 g/mol. The second kappa shape index (κ2) is 5.93. The van der Waals surface area contributed by atoms with Gasteiger partial charge in [-0.3, -0.25) is 19.3 Å². The Kier molecular flexibility index (Phi) is 3.76. The molecule has 0 unspecified atom stereocenters. The molecule has 154 valence electrons. The zero-order valence-corrected chi connectivity index (χ0v) is 15.5. The van der Waals surface area contributed by atoms with E-state index in [0.29, 0.717) is 12.8 Å². The molecule has 1 amide bonds. The molecule has 0 aromatic heterocycles. The number of Topliss-reactive ketones (excluding diaryl/α,β-unsaturated/α-hetero) is 1. The molecule has 4 fully saturated rings. The van der Waals surface area contributed by atoms with E-state index in [9.17, 15) is 29.7 Å². The number of nitrogens with zero attached hydrogens (tertiary/aromatic N) is 1. The Bertz CT molecular complexity index is 931. The maximum Gasteiger partial charge on any atom is 0.313 e. The summed E-state index contributed by atoms with van der Waals surface area (Å²) in [5.74, 6) is -1.93. The van der Waals surface area contributed by atoms with Gasteiger partial charge in [-0.2, -0.15) is 0 Å². The molecule has 1 saturated carbocycles. The summed E-state index contributed by atoms with van der Waals surface area (Å²) in [5, 5.41) is 31.0. The molecular formula is C20H21NO8. The van der Waals surface area contributed by atoms with Gasteiger partial charge in [-0.1, -0.05) is 0 Å². The maximum atomic E-state index is 13.0. The number of ether oxygens (including phenoxy) is 2. The smallest absolute Gasteiger partial charge is 0.313 e. The van der Waals surface area contributed by atoms with Crippen molar-refractivity contribution < 1.29 is 39.2 Å².